The molecule has 7 heteroatoms. The van der Waals surface area contributed by atoms with Crippen molar-refractivity contribution in [2.24, 2.45) is 0 Å². The smallest absolute Gasteiger partial charge is 0.316 e. The van der Waals surface area contributed by atoms with Crippen LogP contribution in [0.15, 0.2) is 29.7 Å². The average molecular weight is 346 g/mol. The monoisotopic (exact) mass is 346 g/mol. The molecule has 6 nitrogen and oxygen atoms in total. The van der Waals surface area contributed by atoms with E-state index in [0.29, 0.717) is 0 Å². The van der Waals surface area contributed by atoms with Crippen LogP contribution in [-0.4, -0.2) is 37.6 Å². The molecule has 2 aromatic heterocycles. The van der Waals surface area contributed by atoms with Gasteiger partial charge in [-0.2, -0.15) is 0 Å². The third-order valence-corrected chi connectivity index (χ3v) is 5.08. The minimum absolute atomic E-state index is 0.100. The molecule has 2 heterocycles. The number of rotatable bonds is 6. The number of hydrogen-bond donors (Lipinski definition) is 0. The number of ether oxygens (including phenoxy) is 1. The van der Waals surface area contributed by atoms with Crippen LogP contribution in [0.1, 0.15) is 39.0 Å². The minimum Gasteiger partial charge on any atom is -0.462 e. The molecule has 0 atom stereocenters. The molecule has 0 aliphatic heterocycles. The van der Waals surface area contributed by atoms with Crippen LogP contribution in [0.25, 0.3) is 11.4 Å². The number of thioether (sulfide) groups is 1. The van der Waals surface area contributed by atoms with Gasteiger partial charge in [-0.05, 0) is 44.7 Å². The second-order valence-electron chi connectivity index (χ2n) is 5.82. The first-order chi connectivity index (χ1) is 11.8. The predicted octanol–water partition coefficient (Wildman–Crippen LogP) is 3.33. The van der Waals surface area contributed by atoms with Gasteiger partial charge in [0.05, 0.1) is 5.75 Å². The summed E-state index contributed by atoms with van der Waals surface area (Å²) < 4.78 is 7.56. The Morgan fingerprint density at radius 3 is 2.71 bits per heavy atom. The molecule has 0 saturated heterocycles. The molecule has 2 aromatic rings. The van der Waals surface area contributed by atoms with Crippen molar-refractivity contribution in [1.29, 1.82) is 0 Å². The zero-order chi connectivity index (χ0) is 16.8. The summed E-state index contributed by atoms with van der Waals surface area (Å²) in [7, 11) is 0. The summed E-state index contributed by atoms with van der Waals surface area (Å²) >= 11 is 1.38. The fraction of sp³-hybridized carbons (Fsp3) is 0.529. The lowest BCUT2D eigenvalue weighted by atomic mass is 9.98. The largest absolute Gasteiger partial charge is 0.462 e. The Hall–Kier alpha value is -1.89. The van der Waals surface area contributed by atoms with Gasteiger partial charge in [0.25, 0.3) is 0 Å². The third-order valence-electron chi connectivity index (χ3n) is 4.14. The van der Waals surface area contributed by atoms with E-state index in [2.05, 4.69) is 15.2 Å². The Morgan fingerprint density at radius 2 is 2.00 bits per heavy atom. The normalized spacial score (nSPS) is 15.4. The quantitative estimate of drug-likeness (QED) is 0.590. The second-order valence-corrected chi connectivity index (χ2v) is 6.77. The minimum atomic E-state index is -0.164. The van der Waals surface area contributed by atoms with Gasteiger partial charge in [0.2, 0.25) is 0 Å². The molecule has 0 bridgehead atoms. The highest BCUT2D eigenvalue weighted by molar-refractivity contribution is 7.99. The molecule has 1 fully saturated rings. The summed E-state index contributed by atoms with van der Waals surface area (Å²) in [5, 5.41) is 9.23. The molecule has 1 aliphatic carbocycles. The maximum Gasteiger partial charge on any atom is 0.316 e. The molecule has 0 spiro atoms. The van der Waals surface area contributed by atoms with Crippen LogP contribution in [0.4, 0.5) is 0 Å². The SMILES string of the molecule is CCn1c(SCC(=O)OC2CCCCC2)nnc1-c1ccncc1. The second kappa shape index (κ2) is 8.28. The Kier molecular flexibility index (Phi) is 5.85. The highest BCUT2D eigenvalue weighted by Gasteiger charge is 2.19. The molecule has 0 N–H and O–H groups in total. The van der Waals surface area contributed by atoms with E-state index < -0.39 is 0 Å². The lowest BCUT2D eigenvalue weighted by molar-refractivity contribution is -0.147. The number of carbonyl (C=O) groups is 1. The molecular weight excluding hydrogens is 324 g/mol. The molecule has 24 heavy (non-hydrogen) atoms. The summed E-state index contributed by atoms with van der Waals surface area (Å²) in [5.74, 6) is 0.899. The topological polar surface area (TPSA) is 69.9 Å². The lowest BCUT2D eigenvalue weighted by Crippen LogP contribution is -2.22. The maximum absolute atomic E-state index is 12.1. The van der Waals surface area contributed by atoms with Gasteiger partial charge in [-0.15, -0.1) is 10.2 Å². The molecule has 1 saturated carbocycles. The number of esters is 1. The first-order valence-electron chi connectivity index (χ1n) is 8.43. The van der Waals surface area contributed by atoms with Gasteiger partial charge >= 0.3 is 5.97 Å². The van der Waals surface area contributed by atoms with Crippen molar-refractivity contribution in [3.8, 4) is 11.4 Å². The first kappa shape index (κ1) is 17.0. The Balaban J connectivity index is 1.61. The van der Waals surface area contributed by atoms with Crippen LogP contribution >= 0.6 is 11.8 Å². The molecule has 0 unspecified atom stereocenters. The summed E-state index contributed by atoms with van der Waals surface area (Å²) in [5.41, 5.74) is 0.969. The van der Waals surface area contributed by atoms with E-state index >= 15 is 0 Å². The van der Waals surface area contributed by atoms with Crippen molar-refractivity contribution in [2.75, 3.05) is 5.75 Å². The van der Waals surface area contributed by atoms with E-state index in [4.69, 9.17) is 4.74 Å². The maximum atomic E-state index is 12.1. The van der Waals surface area contributed by atoms with E-state index in [1.807, 2.05) is 23.6 Å². The Morgan fingerprint density at radius 1 is 1.25 bits per heavy atom. The zero-order valence-electron chi connectivity index (χ0n) is 13.9. The number of nitrogens with zero attached hydrogens (tertiary/aromatic N) is 4. The van der Waals surface area contributed by atoms with Crippen molar-refractivity contribution in [3.63, 3.8) is 0 Å². The molecule has 3 rings (SSSR count). The van der Waals surface area contributed by atoms with E-state index in [1.54, 1.807) is 12.4 Å². The van der Waals surface area contributed by atoms with Gasteiger partial charge in [-0.1, -0.05) is 18.2 Å². The van der Waals surface area contributed by atoms with Gasteiger partial charge in [0.15, 0.2) is 11.0 Å². The molecule has 0 amide bonds. The molecule has 128 valence electrons. The summed E-state index contributed by atoms with van der Waals surface area (Å²) in [6.07, 6.45) is 9.12. The highest BCUT2D eigenvalue weighted by atomic mass is 32.2. The van der Waals surface area contributed by atoms with E-state index in [-0.39, 0.29) is 17.8 Å². The van der Waals surface area contributed by atoms with Gasteiger partial charge < -0.3 is 9.30 Å². The third kappa shape index (κ3) is 4.14. The van der Waals surface area contributed by atoms with E-state index in [9.17, 15) is 4.79 Å². The van der Waals surface area contributed by atoms with Crippen molar-refractivity contribution >= 4 is 17.7 Å². The summed E-state index contributed by atoms with van der Waals surface area (Å²) in [6, 6.07) is 3.81. The van der Waals surface area contributed by atoms with E-state index in [0.717, 1.165) is 48.8 Å². The number of pyridine rings is 1. The summed E-state index contributed by atoms with van der Waals surface area (Å²) in [6.45, 7) is 2.78. The fourth-order valence-corrected chi connectivity index (χ4v) is 3.71. The molecule has 0 aromatic carbocycles. The van der Waals surface area contributed by atoms with Crippen LogP contribution in [-0.2, 0) is 16.1 Å². The number of hydrogen-bond acceptors (Lipinski definition) is 6. The number of carbonyl (C=O) groups excluding carboxylic acids is 1. The molecule has 0 radical (unpaired) electrons. The van der Waals surface area contributed by atoms with Crippen LogP contribution in [0.5, 0.6) is 0 Å². The van der Waals surface area contributed by atoms with Gasteiger partial charge in [0, 0.05) is 24.5 Å². The van der Waals surface area contributed by atoms with Crippen LogP contribution in [0.2, 0.25) is 0 Å². The van der Waals surface area contributed by atoms with Crippen molar-refractivity contribution in [1.82, 2.24) is 19.7 Å². The lowest BCUT2D eigenvalue weighted by Gasteiger charge is -2.21. The summed E-state index contributed by atoms with van der Waals surface area (Å²) in [4.78, 5) is 16.1. The van der Waals surface area contributed by atoms with Gasteiger partial charge in [-0.25, -0.2) is 0 Å². The van der Waals surface area contributed by atoms with Gasteiger partial charge in [-0.3, -0.25) is 9.78 Å². The Bertz CT molecular complexity index is 668. The zero-order valence-corrected chi connectivity index (χ0v) is 14.7. The van der Waals surface area contributed by atoms with Gasteiger partial charge in [0.1, 0.15) is 6.10 Å². The highest BCUT2D eigenvalue weighted by Crippen LogP contribution is 2.25. The van der Waals surface area contributed by atoms with Crippen molar-refractivity contribution in [3.05, 3.63) is 24.5 Å². The van der Waals surface area contributed by atoms with Crippen LogP contribution < -0.4 is 0 Å². The predicted molar refractivity (Wildman–Crippen MR) is 92.6 cm³/mol. The van der Waals surface area contributed by atoms with Crippen LogP contribution in [0, 0.1) is 0 Å². The number of aromatic nitrogens is 4. The van der Waals surface area contributed by atoms with Crippen LogP contribution in [0.3, 0.4) is 0 Å². The molecular formula is C17H22N4O2S. The Labute approximate surface area is 146 Å². The average Bonchev–Trinajstić information content (AvgIpc) is 3.04. The van der Waals surface area contributed by atoms with E-state index in [1.165, 1.54) is 18.2 Å². The van der Waals surface area contributed by atoms with Crippen molar-refractivity contribution < 1.29 is 9.53 Å². The van der Waals surface area contributed by atoms with Crippen molar-refractivity contribution in [2.45, 2.75) is 56.8 Å². The first-order valence-corrected chi connectivity index (χ1v) is 9.42. The standard InChI is InChI=1S/C17H22N4O2S/c1-2-21-16(13-8-10-18-11-9-13)19-20-17(21)24-12-15(22)23-14-6-4-3-5-7-14/h8-11,14H,2-7,12H2,1H3. The molecule has 1 aliphatic rings. The fourth-order valence-electron chi connectivity index (χ4n) is 2.92.